The average molecular weight is 237 g/mol. The van der Waals surface area contributed by atoms with Crippen LogP contribution in [0.3, 0.4) is 0 Å². The van der Waals surface area contributed by atoms with Crippen molar-refractivity contribution in [1.82, 2.24) is 9.99 Å². The zero-order valence-electron chi connectivity index (χ0n) is 10.7. The molecule has 0 aliphatic rings. The molecule has 5 nitrogen and oxygen atoms in total. The number of nitrogens with zero attached hydrogens (tertiary/aromatic N) is 1. The van der Waals surface area contributed by atoms with Crippen molar-refractivity contribution in [2.75, 3.05) is 0 Å². The van der Waals surface area contributed by atoms with E-state index in [1.807, 2.05) is 32.3 Å². The van der Waals surface area contributed by atoms with E-state index in [1.165, 1.54) is 0 Å². The second-order valence-corrected chi connectivity index (χ2v) is 4.63. The first-order valence-corrected chi connectivity index (χ1v) is 5.60. The lowest BCUT2D eigenvalue weighted by Crippen LogP contribution is -2.38. The van der Waals surface area contributed by atoms with E-state index in [0.29, 0.717) is 18.0 Å². The maximum atomic E-state index is 12.2. The summed E-state index contributed by atoms with van der Waals surface area (Å²) in [5, 5.41) is 0. The number of aryl methyl sites for hydroxylation is 2. The van der Waals surface area contributed by atoms with Crippen molar-refractivity contribution < 1.29 is 4.79 Å². The number of nitrogens with two attached hydrogens (primary N) is 1. The molecule has 1 amide bonds. The molecule has 94 valence electrons. The molecule has 0 bridgehead atoms. The molecule has 0 aliphatic carbocycles. The van der Waals surface area contributed by atoms with E-state index < -0.39 is 5.91 Å². The van der Waals surface area contributed by atoms with Gasteiger partial charge in [-0.15, -0.1) is 0 Å². The fourth-order valence-corrected chi connectivity index (χ4v) is 1.87. The van der Waals surface area contributed by atoms with Crippen LogP contribution < -0.4 is 16.8 Å². The molecule has 1 rings (SSSR count). The number of rotatable bonds is 3. The van der Waals surface area contributed by atoms with Crippen molar-refractivity contribution in [2.45, 2.75) is 34.2 Å². The largest absolute Gasteiger partial charge is 0.312 e. The van der Waals surface area contributed by atoms with E-state index in [4.69, 9.17) is 5.84 Å². The molecule has 0 aromatic carbocycles. The predicted molar refractivity (Wildman–Crippen MR) is 66.7 cm³/mol. The first-order chi connectivity index (χ1) is 7.88. The molecule has 3 N–H and O–H groups in total. The Morgan fingerprint density at radius 3 is 2.53 bits per heavy atom. The van der Waals surface area contributed by atoms with Crippen LogP contribution in [0, 0.1) is 19.8 Å². The zero-order chi connectivity index (χ0) is 13.2. The van der Waals surface area contributed by atoms with Crippen LogP contribution in [0.5, 0.6) is 0 Å². The van der Waals surface area contributed by atoms with Crippen LogP contribution in [0.1, 0.15) is 35.5 Å². The molecule has 17 heavy (non-hydrogen) atoms. The molecule has 0 aliphatic heterocycles. The van der Waals surface area contributed by atoms with E-state index >= 15 is 0 Å². The van der Waals surface area contributed by atoms with Crippen LogP contribution in [-0.2, 0) is 6.54 Å². The number of hydrazine groups is 1. The lowest BCUT2D eigenvalue weighted by Gasteiger charge is -2.15. The Morgan fingerprint density at radius 1 is 1.47 bits per heavy atom. The molecule has 5 heteroatoms. The summed E-state index contributed by atoms with van der Waals surface area (Å²) in [6.45, 7) is 8.23. The molecule has 0 fully saturated rings. The Hall–Kier alpha value is -1.62. The number of aromatic nitrogens is 1. The number of nitrogens with one attached hydrogen (secondary N) is 1. The van der Waals surface area contributed by atoms with Gasteiger partial charge in [0.2, 0.25) is 0 Å². The van der Waals surface area contributed by atoms with E-state index in [0.717, 1.165) is 5.69 Å². The van der Waals surface area contributed by atoms with Gasteiger partial charge in [-0.3, -0.25) is 15.0 Å². The van der Waals surface area contributed by atoms with Crippen LogP contribution in [0.25, 0.3) is 0 Å². The third kappa shape index (κ3) is 2.74. The van der Waals surface area contributed by atoms with Gasteiger partial charge in [-0.05, 0) is 31.4 Å². The molecular weight excluding hydrogens is 218 g/mol. The minimum atomic E-state index is -0.537. The molecule has 0 radical (unpaired) electrons. The molecule has 0 saturated heterocycles. The standard InChI is InChI=1S/C12H19N3O2/c1-7(2)6-15-9(4)5-8(3)10(12(15)17)11(16)14-13/h5,7H,6,13H2,1-4H3,(H,14,16). The average Bonchev–Trinajstić information content (AvgIpc) is 2.23. The summed E-state index contributed by atoms with van der Waals surface area (Å²) < 4.78 is 1.61. The van der Waals surface area contributed by atoms with Crippen molar-refractivity contribution in [3.05, 3.63) is 33.2 Å². The zero-order valence-corrected chi connectivity index (χ0v) is 10.7. The fourth-order valence-electron chi connectivity index (χ4n) is 1.87. The Balaban J connectivity index is 3.43. The van der Waals surface area contributed by atoms with Gasteiger partial charge < -0.3 is 4.57 Å². The maximum Gasteiger partial charge on any atom is 0.271 e. The first-order valence-electron chi connectivity index (χ1n) is 5.60. The Kier molecular flexibility index (Phi) is 4.07. The van der Waals surface area contributed by atoms with Crippen molar-refractivity contribution in [3.63, 3.8) is 0 Å². The molecule has 0 atom stereocenters. The van der Waals surface area contributed by atoms with Gasteiger partial charge in [0.15, 0.2) is 0 Å². The number of carbonyl (C=O) groups is 1. The summed E-state index contributed by atoms with van der Waals surface area (Å²) in [4.78, 5) is 23.7. The number of nitrogen functional groups attached to an aromatic ring is 1. The third-order valence-electron chi connectivity index (χ3n) is 2.61. The van der Waals surface area contributed by atoms with Crippen molar-refractivity contribution in [1.29, 1.82) is 0 Å². The highest BCUT2D eigenvalue weighted by Crippen LogP contribution is 2.08. The van der Waals surface area contributed by atoms with Crippen molar-refractivity contribution in [3.8, 4) is 0 Å². The summed E-state index contributed by atoms with van der Waals surface area (Å²) in [6.07, 6.45) is 0. The summed E-state index contributed by atoms with van der Waals surface area (Å²) in [7, 11) is 0. The molecule has 0 spiro atoms. The summed E-state index contributed by atoms with van der Waals surface area (Å²) in [6, 6.07) is 1.83. The smallest absolute Gasteiger partial charge is 0.271 e. The van der Waals surface area contributed by atoms with Gasteiger partial charge in [0.25, 0.3) is 11.5 Å². The maximum absolute atomic E-state index is 12.2. The van der Waals surface area contributed by atoms with E-state index in [-0.39, 0.29) is 11.1 Å². The SMILES string of the molecule is Cc1cc(C)n(CC(C)C)c(=O)c1C(=O)NN. The summed E-state index contributed by atoms with van der Waals surface area (Å²) >= 11 is 0. The summed E-state index contributed by atoms with van der Waals surface area (Å²) in [5.41, 5.74) is 3.36. The second kappa shape index (κ2) is 5.14. The van der Waals surface area contributed by atoms with Gasteiger partial charge in [-0.2, -0.15) is 0 Å². The van der Waals surface area contributed by atoms with Crippen LogP contribution in [0.15, 0.2) is 10.9 Å². The minimum Gasteiger partial charge on any atom is -0.312 e. The molecule has 1 heterocycles. The highest BCUT2D eigenvalue weighted by Gasteiger charge is 2.16. The van der Waals surface area contributed by atoms with E-state index in [9.17, 15) is 9.59 Å². The second-order valence-electron chi connectivity index (χ2n) is 4.63. The first kappa shape index (κ1) is 13.4. The monoisotopic (exact) mass is 237 g/mol. The molecule has 1 aromatic rings. The quantitative estimate of drug-likeness (QED) is 0.462. The minimum absolute atomic E-state index is 0.124. The normalized spacial score (nSPS) is 10.7. The highest BCUT2D eigenvalue weighted by molar-refractivity contribution is 5.94. The molecular formula is C12H19N3O2. The van der Waals surface area contributed by atoms with Crippen LogP contribution in [0.2, 0.25) is 0 Å². The molecule has 1 aromatic heterocycles. The van der Waals surface area contributed by atoms with Crippen molar-refractivity contribution >= 4 is 5.91 Å². The highest BCUT2D eigenvalue weighted by atomic mass is 16.2. The number of hydrogen-bond acceptors (Lipinski definition) is 3. The predicted octanol–water partition coefficient (Wildman–Crippen LogP) is 0.725. The van der Waals surface area contributed by atoms with Crippen LogP contribution in [0.4, 0.5) is 0 Å². The lowest BCUT2D eigenvalue weighted by atomic mass is 10.1. The topological polar surface area (TPSA) is 77.1 Å². The van der Waals surface area contributed by atoms with Gasteiger partial charge in [0, 0.05) is 12.2 Å². The Labute approximate surface area is 101 Å². The lowest BCUT2D eigenvalue weighted by molar-refractivity contribution is 0.0950. The van der Waals surface area contributed by atoms with Gasteiger partial charge in [0.05, 0.1) is 0 Å². The van der Waals surface area contributed by atoms with Crippen LogP contribution >= 0.6 is 0 Å². The number of hydrogen-bond donors (Lipinski definition) is 2. The van der Waals surface area contributed by atoms with Gasteiger partial charge >= 0.3 is 0 Å². The van der Waals surface area contributed by atoms with Crippen molar-refractivity contribution in [2.24, 2.45) is 11.8 Å². The van der Waals surface area contributed by atoms with E-state index in [1.54, 1.807) is 11.5 Å². The molecule has 0 unspecified atom stereocenters. The van der Waals surface area contributed by atoms with E-state index in [2.05, 4.69) is 0 Å². The Morgan fingerprint density at radius 2 is 2.06 bits per heavy atom. The Bertz CT molecular complexity index is 489. The van der Waals surface area contributed by atoms with Crippen LogP contribution in [-0.4, -0.2) is 10.5 Å². The molecule has 0 saturated carbocycles. The van der Waals surface area contributed by atoms with Gasteiger partial charge in [-0.25, -0.2) is 5.84 Å². The summed E-state index contributed by atoms with van der Waals surface area (Å²) in [5.74, 6) is 4.88. The third-order valence-corrected chi connectivity index (χ3v) is 2.61. The number of carbonyl (C=O) groups excluding carboxylic acids is 1. The number of pyridine rings is 1. The number of amides is 1. The van der Waals surface area contributed by atoms with Gasteiger partial charge in [0.1, 0.15) is 5.56 Å². The van der Waals surface area contributed by atoms with Gasteiger partial charge in [-0.1, -0.05) is 13.8 Å². The fraction of sp³-hybridized carbons (Fsp3) is 0.500.